The van der Waals surface area contributed by atoms with Crippen LogP contribution in [0.3, 0.4) is 0 Å². The van der Waals surface area contributed by atoms with E-state index in [0.29, 0.717) is 0 Å². The van der Waals surface area contributed by atoms with Crippen LogP contribution in [0.25, 0.3) is 0 Å². The molecule has 0 spiro atoms. The fourth-order valence-electron chi connectivity index (χ4n) is 3.46. The van der Waals surface area contributed by atoms with Crippen molar-refractivity contribution in [3.8, 4) is 0 Å². The van der Waals surface area contributed by atoms with Gasteiger partial charge in [-0.25, -0.2) is 4.98 Å². The number of rotatable bonds is 4. The van der Waals surface area contributed by atoms with Crippen LogP contribution in [0.5, 0.6) is 0 Å². The van der Waals surface area contributed by atoms with Gasteiger partial charge in [-0.15, -0.1) is 0 Å². The van der Waals surface area contributed by atoms with Gasteiger partial charge in [-0.1, -0.05) is 0 Å². The molecule has 2 aromatic rings. The van der Waals surface area contributed by atoms with E-state index in [1.54, 1.807) is 6.20 Å². The molecule has 128 valence electrons. The van der Waals surface area contributed by atoms with Crippen molar-refractivity contribution < 1.29 is 4.79 Å². The molecular formula is C18H25N5O. The Kier molecular flexibility index (Phi) is 4.55. The molecule has 2 aromatic heterocycles. The summed E-state index contributed by atoms with van der Waals surface area (Å²) in [6, 6.07) is 3.79. The molecule has 1 atom stereocenters. The molecule has 0 radical (unpaired) electrons. The van der Waals surface area contributed by atoms with Crippen LogP contribution in [0.15, 0.2) is 18.3 Å². The van der Waals surface area contributed by atoms with Crippen molar-refractivity contribution in [2.24, 2.45) is 7.05 Å². The van der Waals surface area contributed by atoms with E-state index in [-0.39, 0.29) is 11.8 Å². The molecule has 0 unspecified atom stereocenters. The lowest BCUT2D eigenvalue weighted by Gasteiger charge is -2.21. The van der Waals surface area contributed by atoms with Gasteiger partial charge in [0.05, 0.1) is 17.3 Å². The van der Waals surface area contributed by atoms with Crippen molar-refractivity contribution in [2.75, 3.05) is 23.3 Å². The highest BCUT2D eigenvalue weighted by Gasteiger charge is 2.24. The largest absolute Gasteiger partial charge is 0.355 e. The zero-order valence-electron chi connectivity index (χ0n) is 14.8. The summed E-state index contributed by atoms with van der Waals surface area (Å²) in [4.78, 5) is 19.5. The van der Waals surface area contributed by atoms with Crippen molar-refractivity contribution in [3.63, 3.8) is 0 Å². The number of aromatic nitrogens is 3. The maximum atomic E-state index is 12.8. The highest BCUT2D eigenvalue weighted by Crippen LogP contribution is 2.29. The number of hydrogen-bond donors (Lipinski definition) is 1. The molecule has 0 saturated carbocycles. The number of hydrogen-bond acceptors (Lipinski definition) is 4. The molecule has 1 N–H and O–H groups in total. The number of aryl methyl sites for hydroxylation is 2. The third kappa shape index (κ3) is 3.00. The van der Waals surface area contributed by atoms with Crippen LogP contribution in [-0.4, -0.2) is 33.8 Å². The van der Waals surface area contributed by atoms with Crippen LogP contribution in [0, 0.1) is 13.8 Å². The van der Waals surface area contributed by atoms with Crippen LogP contribution >= 0.6 is 0 Å². The van der Waals surface area contributed by atoms with Crippen LogP contribution < -0.4 is 10.2 Å². The zero-order chi connectivity index (χ0) is 17.3. The standard InChI is InChI=1S/C18H25N5O/c1-12(16-13(2)21-22(4)14(16)3)18(24)20-15-8-7-9-19-17(15)23-10-5-6-11-23/h7-9,12H,5-6,10-11H2,1-4H3,(H,20,24)/t12-/m0/s1. The van der Waals surface area contributed by atoms with Crippen molar-refractivity contribution in [3.05, 3.63) is 35.3 Å². The van der Waals surface area contributed by atoms with Gasteiger partial charge in [0.15, 0.2) is 5.82 Å². The summed E-state index contributed by atoms with van der Waals surface area (Å²) in [6.45, 7) is 7.87. The molecule has 3 heterocycles. The van der Waals surface area contributed by atoms with Crippen LogP contribution in [-0.2, 0) is 11.8 Å². The number of nitrogens with zero attached hydrogens (tertiary/aromatic N) is 4. The van der Waals surface area contributed by atoms with E-state index in [0.717, 1.165) is 41.5 Å². The second-order valence-electron chi connectivity index (χ2n) is 6.49. The lowest BCUT2D eigenvalue weighted by molar-refractivity contribution is -0.117. The average Bonchev–Trinajstić information content (AvgIpc) is 3.17. The fourth-order valence-corrected chi connectivity index (χ4v) is 3.46. The highest BCUT2D eigenvalue weighted by atomic mass is 16.1. The first kappa shape index (κ1) is 16.5. The van der Waals surface area contributed by atoms with Gasteiger partial charge >= 0.3 is 0 Å². The molecule has 1 aliphatic rings. The fraction of sp³-hybridized carbons (Fsp3) is 0.500. The van der Waals surface area contributed by atoms with Gasteiger partial charge in [0.2, 0.25) is 5.91 Å². The van der Waals surface area contributed by atoms with Crippen molar-refractivity contribution in [2.45, 2.75) is 39.5 Å². The third-order valence-corrected chi connectivity index (χ3v) is 4.84. The molecule has 1 saturated heterocycles. The Morgan fingerprint density at radius 1 is 1.29 bits per heavy atom. The maximum absolute atomic E-state index is 12.8. The number of carbonyl (C=O) groups is 1. The number of pyridine rings is 1. The second-order valence-corrected chi connectivity index (χ2v) is 6.49. The summed E-state index contributed by atoms with van der Waals surface area (Å²) in [7, 11) is 1.91. The molecule has 6 heteroatoms. The number of carbonyl (C=O) groups excluding carboxylic acids is 1. The smallest absolute Gasteiger partial charge is 0.231 e. The molecule has 3 rings (SSSR count). The number of anilines is 2. The predicted octanol–water partition coefficient (Wildman–Crippen LogP) is 2.77. The lowest BCUT2D eigenvalue weighted by atomic mass is 9.98. The van der Waals surface area contributed by atoms with Gasteiger partial charge in [0.25, 0.3) is 0 Å². The molecule has 0 aliphatic carbocycles. The summed E-state index contributed by atoms with van der Waals surface area (Å²) in [6.07, 6.45) is 4.13. The Labute approximate surface area is 142 Å². The quantitative estimate of drug-likeness (QED) is 0.938. The topological polar surface area (TPSA) is 63.1 Å². The summed E-state index contributed by atoms with van der Waals surface area (Å²) in [5.41, 5.74) is 3.72. The number of amides is 1. The SMILES string of the molecule is Cc1nn(C)c(C)c1[C@H](C)C(=O)Nc1cccnc1N1CCCC1. The van der Waals surface area contributed by atoms with Gasteiger partial charge in [-0.05, 0) is 45.7 Å². The molecule has 6 nitrogen and oxygen atoms in total. The molecule has 1 fully saturated rings. The van der Waals surface area contributed by atoms with Crippen LogP contribution in [0.1, 0.15) is 42.6 Å². The van der Waals surface area contributed by atoms with Crippen molar-refractivity contribution in [1.29, 1.82) is 0 Å². The van der Waals surface area contributed by atoms with E-state index in [1.165, 1.54) is 12.8 Å². The van der Waals surface area contributed by atoms with Crippen molar-refractivity contribution in [1.82, 2.24) is 14.8 Å². The molecule has 0 aromatic carbocycles. The first-order valence-corrected chi connectivity index (χ1v) is 8.50. The van der Waals surface area contributed by atoms with E-state index in [9.17, 15) is 4.79 Å². The minimum Gasteiger partial charge on any atom is -0.355 e. The summed E-state index contributed by atoms with van der Waals surface area (Å²) in [5.74, 6) is 0.586. The first-order chi connectivity index (χ1) is 11.5. The van der Waals surface area contributed by atoms with E-state index >= 15 is 0 Å². The molecule has 1 amide bonds. The second kappa shape index (κ2) is 6.63. The minimum absolute atomic E-state index is 0.0253. The molecule has 1 aliphatic heterocycles. The zero-order valence-corrected chi connectivity index (χ0v) is 14.8. The Bertz CT molecular complexity index is 746. The van der Waals surface area contributed by atoms with E-state index < -0.39 is 0 Å². The molecule has 24 heavy (non-hydrogen) atoms. The monoisotopic (exact) mass is 327 g/mol. The van der Waals surface area contributed by atoms with Crippen LogP contribution in [0.4, 0.5) is 11.5 Å². The van der Waals surface area contributed by atoms with Gasteiger partial charge in [0, 0.05) is 37.6 Å². The van der Waals surface area contributed by atoms with Gasteiger partial charge < -0.3 is 10.2 Å². The summed E-state index contributed by atoms with van der Waals surface area (Å²) in [5, 5.41) is 7.49. The van der Waals surface area contributed by atoms with Crippen molar-refractivity contribution >= 4 is 17.4 Å². The van der Waals surface area contributed by atoms with Gasteiger partial charge in [-0.2, -0.15) is 5.10 Å². The Morgan fingerprint density at radius 2 is 2.00 bits per heavy atom. The minimum atomic E-state index is -0.259. The predicted molar refractivity (Wildman–Crippen MR) is 95.4 cm³/mol. The Hall–Kier alpha value is -2.37. The number of nitrogens with one attached hydrogen (secondary N) is 1. The molecular weight excluding hydrogens is 302 g/mol. The maximum Gasteiger partial charge on any atom is 0.231 e. The van der Waals surface area contributed by atoms with Gasteiger partial charge in [0.1, 0.15) is 0 Å². The van der Waals surface area contributed by atoms with Gasteiger partial charge in [-0.3, -0.25) is 9.48 Å². The van der Waals surface area contributed by atoms with E-state index in [2.05, 4.69) is 20.3 Å². The average molecular weight is 327 g/mol. The van der Waals surface area contributed by atoms with Crippen LogP contribution in [0.2, 0.25) is 0 Å². The highest BCUT2D eigenvalue weighted by molar-refractivity contribution is 5.98. The summed E-state index contributed by atoms with van der Waals surface area (Å²) < 4.78 is 1.83. The lowest BCUT2D eigenvalue weighted by Crippen LogP contribution is -2.24. The summed E-state index contributed by atoms with van der Waals surface area (Å²) >= 11 is 0. The Morgan fingerprint density at radius 3 is 2.62 bits per heavy atom. The Balaban J connectivity index is 1.82. The van der Waals surface area contributed by atoms with E-state index in [1.807, 2.05) is 44.6 Å². The van der Waals surface area contributed by atoms with E-state index in [4.69, 9.17) is 0 Å². The molecule has 0 bridgehead atoms. The first-order valence-electron chi connectivity index (χ1n) is 8.50. The normalized spacial score (nSPS) is 15.6. The third-order valence-electron chi connectivity index (χ3n) is 4.84.